The summed E-state index contributed by atoms with van der Waals surface area (Å²) in [5.74, 6) is 1.27. The highest BCUT2D eigenvalue weighted by Gasteiger charge is 2.12. The van der Waals surface area contributed by atoms with Crippen molar-refractivity contribution >= 4 is 11.8 Å². The number of methoxy groups -OCH3 is 2. The van der Waals surface area contributed by atoms with E-state index < -0.39 is 11.8 Å². The molecule has 0 bridgehead atoms. The quantitative estimate of drug-likeness (QED) is 0.627. The molecular formula is C22H20N2O5. The van der Waals surface area contributed by atoms with Crippen molar-refractivity contribution in [3.63, 3.8) is 0 Å². The second kappa shape index (κ2) is 9.27. The largest absolute Gasteiger partial charge is 0.497 e. The van der Waals surface area contributed by atoms with Crippen molar-refractivity contribution in [1.82, 2.24) is 10.9 Å². The van der Waals surface area contributed by atoms with Crippen molar-refractivity contribution in [2.45, 2.75) is 0 Å². The summed E-state index contributed by atoms with van der Waals surface area (Å²) in [6, 6.07) is 20.6. The first kappa shape index (κ1) is 19.8. The molecule has 0 aliphatic rings. The first-order chi connectivity index (χ1) is 14.1. The van der Waals surface area contributed by atoms with E-state index in [1.54, 1.807) is 42.5 Å². The number of para-hydroxylation sites is 1. The van der Waals surface area contributed by atoms with Gasteiger partial charge in [0.05, 0.1) is 14.2 Å². The van der Waals surface area contributed by atoms with E-state index in [4.69, 9.17) is 14.2 Å². The average molecular weight is 392 g/mol. The van der Waals surface area contributed by atoms with Gasteiger partial charge in [0, 0.05) is 17.2 Å². The lowest BCUT2D eigenvalue weighted by molar-refractivity contribution is 0.0846. The lowest BCUT2D eigenvalue weighted by Crippen LogP contribution is -2.41. The van der Waals surface area contributed by atoms with E-state index in [1.165, 1.54) is 14.2 Å². The fourth-order valence-electron chi connectivity index (χ4n) is 2.50. The molecule has 148 valence electrons. The van der Waals surface area contributed by atoms with Crippen LogP contribution in [0.3, 0.4) is 0 Å². The summed E-state index contributed by atoms with van der Waals surface area (Å²) in [5.41, 5.74) is 5.41. The summed E-state index contributed by atoms with van der Waals surface area (Å²) < 4.78 is 16.0. The Kier molecular flexibility index (Phi) is 6.32. The normalized spacial score (nSPS) is 10.0. The highest BCUT2D eigenvalue weighted by atomic mass is 16.5. The molecule has 0 saturated carbocycles. The van der Waals surface area contributed by atoms with Crippen LogP contribution in [0.1, 0.15) is 20.7 Å². The van der Waals surface area contributed by atoms with Gasteiger partial charge < -0.3 is 14.2 Å². The molecule has 0 fully saturated rings. The third kappa shape index (κ3) is 5.26. The van der Waals surface area contributed by atoms with Crippen LogP contribution in [-0.4, -0.2) is 26.0 Å². The van der Waals surface area contributed by atoms with E-state index in [9.17, 15) is 9.59 Å². The van der Waals surface area contributed by atoms with E-state index in [1.807, 2.05) is 30.3 Å². The molecule has 7 nitrogen and oxygen atoms in total. The van der Waals surface area contributed by atoms with Gasteiger partial charge in [-0.05, 0) is 48.5 Å². The Morgan fingerprint density at radius 2 is 1.14 bits per heavy atom. The van der Waals surface area contributed by atoms with Gasteiger partial charge in [-0.15, -0.1) is 0 Å². The highest BCUT2D eigenvalue weighted by Crippen LogP contribution is 2.23. The Balaban J connectivity index is 1.59. The molecule has 3 rings (SSSR count). The Hall–Kier alpha value is -4.00. The van der Waals surface area contributed by atoms with Crippen molar-refractivity contribution in [2.75, 3.05) is 14.2 Å². The number of amides is 2. The summed E-state index contributed by atoms with van der Waals surface area (Å²) in [6.45, 7) is 0. The molecule has 2 amide bonds. The van der Waals surface area contributed by atoms with Crippen molar-refractivity contribution in [2.24, 2.45) is 0 Å². The minimum Gasteiger partial charge on any atom is -0.497 e. The second-order valence-corrected chi connectivity index (χ2v) is 5.95. The predicted molar refractivity (Wildman–Crippen MR) is 107 cm³/mol. The molecule has 0 aromatic heterocycles. The molecule has 0 spiro atoms. The van der Waals surface area contributed by atoms with E-state index in [-0.39, 0.29) is 5.56 Å². The molecule has 29 heavy (non-hydrogen) atoms. The fraction of sp³-hybridized carbons (Fsp3) is 0.0909. The molecule has 3 aromatic carbocycles. The third-order valence-corrected chi connectivity index (χ3v) is 4.00. The lowest BCUT2D eigenvalue weighted by atomic mass is 10.2. The summed E-state index contributed by atoms with van der Waals surface area (Å²) in [5, 5.41) is 0. The minimum atomic E-state index is -0.500. The molecule has 2 N–H and O–H groups in total. The van der Waals surface area contributed by atoms with Crippen LogP contribution in [0.25, 0.3) is 0 Å². The molecule has 0 aliphatic carbocycles. The summed E-state index contributed by atoms with van der Waals surface area (Å²) in [4.78, 5) is 24.6. The molecular weight excluding hydrogens is 372 g/mol. The van der Waals surface area contributed by atoms with Gasteiger partial charge in [-0.2, -0.15) is 0 Å². The number of ether oxygens (including phenoxy) is 3. The molecule has 0 unspecified atom stereocenters. The molecule has 0 aliphatic heterocycles. The van der Waals surface area contributed by atoms with E-state index in [0.717, 1.165) is 0 Å². The van der Waals surface area contributed by atoms with Crippen molar-refractivity contribution in [1.29, 1.82) is 0 Å². The van der Waals surface area contributed by atoms with Crippen LogP contribution in [0, 0.1) is 0 Å². The second-order valence-electron chi connectivity index (χ2n) is 5.95. The van der Waals surface area contributed by atoms with Crippen molar-refractivity contribution in [3.8, 4) is 23.0 Å². The van der Waals surface area contributed by atoms with Gasteiger partial charge in [-0.3, -0.25) is 20.4 Å². The molecule has 0 heterocycles. The number of rotatable bonds is 6. The molecule has 7 heteroatoms. The third-order valence-electron chi connectivity index (χ3n) is 4.00. The Bertz CT molecular complexity index is 966. The van der Waals surface area contributed by atoms with Crippen LogP contribution in [0.15, 0.2) is 72.8 Å². The zero-order valence-electron chi connectivity index (χ0n) is 16.0. The van der Waals surface area contributed by atoms with E-state index in [0.29, 0.717) is 28.6 Å². The molecule has 0 saturated heterocycles. The monoisotopic (exact) mass is 392 g/mol. The van der Waals surface area contributed by atoms with Crippen LogP contribution in [0.5, 0.6) is 23.0 Å². The number of hydrogen-bond donors (Lipinski definition) is 2. The van der Waals surface area contributed by atoms with Gasteiger partial charge in [0.2, 0.25) is 0 Å². The number of hydrazine groups is 1. The first-order valence-electron chi connectivity index (χ1n) is 8.76. The maximum absolute atomic E-state index is 12.3. The molecule has 0 atom stereocenters. The fourth-order valence-corrected chi connectivity index (χ4v) is 2.50. The average Bonchev–Trinajstić information content (AvgIpc) is 2.78. The van der Waals surface area contributed by atoms with Crippen LogP contribution in [0.2, 0.25) is 0 Å². The number of hydrogen-bond acceptors (Lipinski definition) is 5. The summed E-state index contributed by atoms with van der Waals surface area (Å²) >= 11 is 0. The van der Waals surface area contributed by atoms with Crippen LogP contribution in [0.4, 0.5) is 0 Å². The topological polar surface area (TPSA) is 85.9 Å². The maximum Gasteiger partial charge on any atom is 0.269 e. The Morgan fingerprint density at radius 3 is 1.69 bits per heavy atom. The Morgan fingerprint density at radius 1 is 0.621 bits per heavy atom. The zero-order chi connectivity index (χ0) is 20.6. The Labute approximate surface area is 168 Å². The van der Waals surface area contributed by atoms with Crippen molar-refractivity contribution < 1.29 is 23.8 Å². The summed E-state index contributed by atoms with van der Waals surface area (Å²) in [6.07, 6.45) is 0. The standard InChI is InChI=1S/C22H20N2O5/c1-27-19-12-16(13-20(14-19)28-2)22(26)24-23-21(25)15-8-10-18(11-9-15)29-17-6-4-3-5-7-17/h3-14H,1-2H3,(H,23,25)(H,24,26). The van der Waals surface area contributed by atoms with Gasteiger partial charge in [0.1, 0.15) is 23.0 Å². The highest BCUT2D eigenvalue weighted by molar-refractivity contribution is 5.99. The van der Waals surface area contributed by atoms with Gasteiger partial charge in [0.25, 0.3) is 11.8 Å². The number of carbonyl (C=O) groups excluding carboxylic acids is 2. The van der Waals surface area contributed by atoms with E-state index in [2.05, 4.69) is 10.9 Å². The van der Waals surface area contributed by atoms with Crippen LogP contribution in [-0.2, 0) is 0 Å². The zero-order valence-corrected chi connectivity index (χ0v) is 16.0. The van der Waals surface area contributed by atoms with Crippen LogP contribution < -0.4 is 25.1 Å². The molecule has 3 aromatic rings. The maximum atomic E-state index is 12.3. The van der Waals surface area contributed by atoms with E-state index >= 15 is 0 Å². The number of carbonyl (C=O) groups is 2. The lowest BCUT2D eigenvalue weighted by Gasteiger charge is -2.10. The number of benzene rings is 3. The SMILES string of the molecule is COc1cc(OC)cc(C(=O)NNC(=O)c2ccc(Oc3ccccc3)cc2)c1. The van der Waals surface area contributed by atoms with Gasteiger partial charge in [-0.1, -0.05) is 18.2 Å². The molecule has 0 radical (unpaired) electrons. The van der Waals surface area contributed by atoms with Crippen LogP contribution >= 0.6 is 0 Å². The first-order valence-corrected chi connectivity index (χ1v) is 8.76. The predicted octanol–water partition coefficient (Wildman–Crippen LogP) is 3.57. The number of nitrogens with one attached hydrogen (secondary N) is 2. The van der Waals surface area contributed by atoms with Gasteiger partial charge in [0.15, 0.2) is 0 Å². The van der Waals surface area contributed by atoms with Gasteiger partial charge in [-0.25, -0.2) is 0 Å². The smallest absolute Gasteiger partial charge is 0.269 e. The van der Waals surface area contributed by atoms with Gasteiger partial charge >= 0.3 is 0 Å². The summed E-state index contributed by atoms with van der Waals surface area (Å²) in [7, 11) is 2.98. The van der Waals surface area contributed by atoms with Crippen molar-refractivity contribution in [3.05, 3.63) is 83.9 Å². The minimum absolute atomic E-state index is 0.285.